The van der Waals surface area contributed by atoms with Crippen LogP contribution >= 0.6 is 12.2 Å². The molecule has 0 aromatic heterocycles. The van der Waals surface area contributed by atoms with Gasteiger partial charge in [-0.1, -0.05) is 58.2 Å². The Morgan fingerprint density at radius 1 is 1.00 bits per heavy atom. The van der Waals surface area contributed by atoms with E-state index in [1.807, 2.05) is 0 Å². The second-order valence-electron chi connectivity index (χ2n) is 4.42. The summed E-state index contributed by atoms with van der Waals surface area (Å²) < 4.78 is 0. The van der Waals surface area contributed by atoms with E-state index in [0.29, 0.717) is 4.99 Å². The number of unbranched alkanes of at least 4 members (excludes halogenated alkanes) is 5. The van der Waals surface area contributed by atoms with E-state index < -0.39 is 0 Å². The lowest BCUT2D eigenvalue weighted by Crippen LogP contribution is -2.28. The zero-order chi connectivity index (χ0) is 12.2. The molecule has 0 saturated carbocycles. The van der Waals surface area contributed by atoms with Crippen LogP contribution in [-0.4, -0.2) is 29.5 Å². The van der Waals surface area contributed by atoms with Gasteiger partial charge in [0.2, 0.25) is 0 Å². The first-order valence-corrected chi connectivity index (χ1v) is 7.12. The van der Waals surface area contributed by atoms with Gasteiger partial charge in [0.05, 0.1) is 4.99 Å². The molecule has 0 atom stereocenters. The van der Waals surface area contributed by atoms with Gasteiger partial charge in [0.15, 0.2) is 0 Å². The van der Waals surface area contributed by atoms with Crippen molar-refractivity contribution in [1.82, 2.24) is 4.90 Å². The Hall–Kier alpha value is -0.150. The lowest BCUT2D eigenvalue weighted by atomic mass is 10.1. The van der Waals surface area contributed by atoms with Gasteiger partial charge in [0.25, 0.3) is 0 Å². The highest BCUT2D eigenvalue weighted by Gasteiger charge is 2.02. The Labute approximate surface area is 107 Å². The minimum atomic E-state index is 0.640. The molecule has 2 nitrogen and oxygen atoms in total. The van der Waals surface area contributed by atoms with Crippen molar-refractivity contribution in [2.24, 2.45) is 5.73 Å². The number of thiocarbonyl (C=S) groups is 1. The second kappa shape index (κ2) is 11.3. The third-order valence-corrected chi connectivity index (χ3v) is 3.15. The topological polar surface area (TPSA) is 29.3 Å². The summed E-state index contributed by atoms with van der Waals surface area (Å²) >= 11 is 4.90. The van der Waals surface area contributed by atoms with Crippen molar-refractivity contribution in [1.29, 1.82) is 0 Å². The van der Waals surface area contributed by atoms with Gasteiger partial charge in [-0.05, 0) is 19.5 Å². The van der Waals surface area contributed by atoms with Crippen LogP contribution in [0.2, 0.25) is 0 Å². The van der Waals surface area contributed by atoms with Gasteiger partial charge in [0.1, 0.15) is 0 Å². The van der Waals surface area contributed by atoms with Gasteiger partial charge in [-0.2, -0.15) is 0 Å². The standard InChI is InChI=1S/C13H28N2S/c1-3-5-6-7-8-9-11-15(4-2)12-10-13(14)16/h3-12H2,1-2H3,(H2,14,16). The highest BCUT2D eigenvalue weighted by Crippen LogP contribution is 2.06. The normalized spacial score (nSPS) is 10.9. The summed E-state index contributed by atoms with van der Waals surface area (Å²) in [6.45, 7) is 7.80. The minimum absolute atomic E-state index is 0.640. The first-order chi connectivity index (χ1) is 7.70. The molecule has 3 heteroatoms. The first kappa shape index (κ1) is 15.9. The first-order valence-electron chi connectivity index (χ1n) is 6.71. The van der Waals surface area contributed by atoms with Gasteiger partial charge in [0, 0.05) is 13.0 Å². The van der Waals surface area contributed by atoms with E-state index in [9.17, 15) is 0 Å². The van der Waals surface area contributed by atoms with Gasteiger partial charge < -0.3 is 10.6 Å². The van der Waals surface area contributed by atoms with Crippen molar-refractivity contribution in [2.75, 3.05) is 19.6 Å². The Kier molecular flexibility index (Phi) is 11.2. The molecule has 0 unspecified atom stereocenters. The Morgan fingerprint density at radius 3 is 2.19 bits per heavy atom. The summed E-state index contributed by atoms with van der Waals surface area (Å²) in [5, 5.41) is 0. The lowest BCUT2D eigenvalue weighted by Gasteiger charge is -2.19. The van der Waals surface area contributed by atoms with Gasteiger partial charge in [-0.25, -0.2) is 0 Å². The monoisotopic (exact) mass is 244 g/mol. The smallest absolute Gasteiger partial charge is 0.0740 e. The molecular weight excluding hydrogens is 216 g/mol. The van der Waals surface area contributed by atoms with Crippen LogP contribution in [-0.2, 0) is 0 Å². The highest BCUT2D eigenvalue weighted by atomic mass is 32.1. The van der Waals surface area contributed by atoms with E-state index in [0.717, 1.165) is 19.5 Å². The molecule has 0 heterocycles. The molecule has 2 N–H and O–H groups in total. The third-order valence-electron chi connectivity index (χ3n) is 2.95. The van der Waals surface area contributed by atoms with Crippen LogP contribution in [0.5, 0.6) is 0 Å². The largest absolute Gasteiger partial charge is 0.393 e. The van der Waals surface area contributed by atoms with Crippen molar-refractivity contribution in [3.8, 4) is 0 Å². The summed E-state index contributed by atoms with van der Waals surface area (Å²) in [7, 11) is 0. The van der Waals surface area contributed by atoms with E-state index in [4.69, 9.17) is 18.0 Å². The number of rotatable bonds is 11. The zero-order valence-electron chi connectivity index (χ0n) is 11.0. The molecule has 0 spiro atoms. The van der Waals surface area contributed by atoms with Crippen LogP contribution < -0.4 is 5.73 Å². The average Bonchev–Trinajstić information content (AvgIpc) is 2.27. The van der Waals surface area contributed by atoms with Crippen molar-refractivity contribution in [3.05, 3.63) is 0 Å². The summed E-state index contributed by atoms with van der Waals surface area (Å²) in [4.78, 5) is 3.08. The van der Waals surface area contributed by atoms with E-state index in [2.05, 4.69) is 18.7 Å². The maximum atomic E-state index is 5.51. The predicted molar refractivity (Wildman–Crippen MR) is 76.9 cm³/mol. The molecule has 0 aromatic carbocycles. The summed E-state index contributed by atoms with van der Waals surface area (Å²) in [5.41, 5.74) is 5.51. The van der Waals surface area contributed by atoms with Crippen LogP contribution in [0.25, 0.3) is 0 Å². The molecule has 0 radical (unpaired) electrons. The van der Waals surface area contributed by atoms with Gasteiger partial charge in [-0.15, -0.1) is 0 Å². The van der Waals surface area contributed by atoms with Crippen LogP contribution in [0, 0.1) is 0 Å². The molecule has 0 fully saturated rings. The molecule has 16 heavy (non-hydrogen) atoms. The van der Waals surface area contributed by atoms with Crippen LogP contribution in [0.3, 0.4) is 0 Å². The van der Waals surface area contributed by atoms with E-state index >= 15 is 0 Å². The average molecular weight is 244 g/mol. The number of hydrogen-bond donors (Lipinski definition) is 1. The molecular formula is C13H28N2S. The maximum absolute atomic E-state index is 5.51. The Balaban J connectivity index is 3.37. The van der Waals surface area contributed by atoms with Gasteiger partial charge in [-0.3, -0.25) is 0 Å². The Morgan fingerprint density at radius 2 is 1.62 bits per heavy atom. The Bertz CT molecular complexity index is 171. The predicted octanol–water partition coefficient (Wildman–Crippen LogP) is 3.35. The van der Waals surface area contributed by atoms with Crippen molar-refractivity contribution >= 4 is 17.2 Å². The summed E-state index contributed by atoms with van der Waals surface area (Å²) in [6.07, 6.45) is 9.04. The molecule has 0 rings (SSSR count). The number of nitrogens with two attached hydrogens (primary N) is 1. The lowest BCUT2D eigenvalue weighted by molar-refractivity contribution is 0.288. The fraction of sp³-hybridized carbons (Fsp3) is 0.923. The molecule has 0 bridgehead atoms. The molecule has 0 aliphatic rings. The minimum Gasteiger partial charge on any atom is -0.393 e. The number of hydrogen-bond acceptors (Lipinski definition) is 2. The molecule has 0 saturated heterocycles. The van der Waals surface area contributed by atoms with Crippen molar-refractivity contribution in [3.63, 3.8) is 0 Å². The van der Waals surface area contributed by atoms with E-state index in [1.54, 1.807) is 0 Å². The second-order valence-corrected chi connectivity index (χ2v) is 4.94. The highest BCUT2D eigenvalue weighted by molar-refractivity contribution is 7.80. The summed E-state index contributed by atoms with van der Waals surface area (Å²) in [6, 6.07) is 0. The van der Waals surface area contributed by atoms with E-state index in [1.165, 1.54) is 45.1 Å². The zero-order valence-corrected chi connectivity index (χ0v) is 11.8. The van der Waals surface area contributed by atoms with Crippen molar-refractivity contribution < 1.29 is 0 Å². The van der Waals surface area contributed by atoms with Crippen LogP contribution in [0.15, 0.2) is 0 Å². The fourth-order valence-corrected chi connectivity index (χ4v) is 1.90. The quantitative estimate of drug-likeness (QED) is 0.446. The maximum Gasteiger partial charge on any atom is 0.0740 e. The molecule has 0 aromatic rings. The van der Waals surface area contributed by atoms with Gasteiger partial charge >= 0.3 is 0 Å². The molecule has 0 aliphatic heterocycles. The SMILES string of the molecule is CCCCCCCCN(CC)CCC(N)=S. The molecule has 0 aliphatic carbocycles. The fourth-order valence-electron chi connectivity index (χ4n) is 1.81. The summed E-state index contributed by atoms with van der Waals surface area (Å²) in [5.74, 6) is 0. The molecule has 96 valence electrons. The molecule has 0 amide bonds. The van der Waals surface area contributed by atoms with Crippen LogP contribution in [0.4, 0.5) is 0 Å². The third kappa shape index (κ3) is 10.4. The van der Waals surface area contributed by atoms with Crippen molar-refractivity contribution in [2.45, 2.75) is 58.8 Å². The number of nitrogens with zero attached hydrogens (tertiary/aromatic N) is 1. The van der Waals surface area contributed by atoms with E-state index in [-0.39, 0.29) is 0 Å². The van der Waals surface area contributed by atoms with Crippen LogP contribution in [0.1, 0.15) is 58.8 Å².